The van der Waals surface area contributed by atoms with Crippen molar-refractivity contribution >= 4 is 5.97 Å². The molecule has 0 heterocycles. The van der Waals surface area contributed by atoms with Crippen molar-refractivity contribution < 1.29 is 23.4 Å². The zero-order chi connectivity index (χ0) is 13.8. The van der Waals surface area contributed by atoms with E-state index in [4.69, 9.17) is 9.84 Å². The fourth-order valence-corrected chi connectivity index (χ4v) is 1.54. The molecule has 19 heavy (non-hydrogen) atoms. The van der Waals surface area contributed by atoms with Crippen molar-refractivity contribution in [1.29, 1.82) is 0 Å². The number of rotatable bonds is 4. The van der Waals surface area contributed by atoms with Crippen molar-refractivity contribution in [2.75, 3.05) is 0 Å². The van der Waals surface area contributed by atoms with Crippen molar-refractivity contribution in [1.82, 2.24) is 0 Å². The molecule has 2 aromatic carbocycles. The average Bonchev–Trinajstić information content (AvgIpc) is 2.41. The maximum absolute atomic E-state index is 13.6. The Kier molecular flexibility index (Phi) is 3.75. The average molecular weight is 264 g/mol. The predicted molar refractivity (Wildman–Crippen MR) is 64.1 cm³/mol. The van der Waals surface area contributed by atoms with Gasteiger partial charge in [0.25, 0.3) is 0 Å². The topological polar surface area (TPSA) is 46.5 Å². The second-order valence-electron chi connectivity index (χ2n) is 3.82. The van der Waals surface area contributed by atoms with Crippen LogP contribution in [0.3, 0.4) is 0 Å². The van der Waals surface area contributed by atoms with Crippen LogP contribution in [-0.4, -0.2) is 11.1 Å². The highest BCUT2D eigenvalue weighted by Crippen LogP contribution is 2.23. The number of hydrogen-bond acceptors (Lipinski definition) is 2. The summed E-state index contributed by atoms with van der Waals surface area (Å²) in [6.45, 7) is 0.0730. The third kappa shape index (κ3) is 2.88. The van der Waals surface area contributed by atoms with Gasteiger partial charge < -0.3 is 9.84 Å². The Balaban J connectivity index is 2.18. The summed E-state index contributed by atoms with van der Waals surface area (Å²) in [6.07, 6.45) is 0. The molecule has 1 N–H and O–H groups in total. The van der Waals surface area contributed by atoms with Crippen LogP contribution < -0.4 is 4.74 Å². The Morgan fingerprint density at radius 1 is 1.05 bits per heavy atom. The molecule has 0 fully saturated rings. The standard InChI is InChI=1S/C14H10F2O3/c15-12-10(14(17)18)6-7-11(13(12)16)19-8-9-4-2-1-3-5-9/h1-7H,8H2,(H,17,18). The van der Waals surface area contributed by atoms with Gasteiger partial charge in [0.1, 0.15) is 6.61 Å². The zero-order valence-corrected chi connectivity index (χ0v) is 9.77. The van der Waals surface area contributed by atoms with Gasteiger partial charge in [-0.3, -0.25) is 0 Å². The predicted octanol–water partition coefficient (Wildman–Crippen LogP) is 3.24. The Labute approximate surface area is 108 Å². The molecular formula is C14H10F2O3. The molecule has 2 rings (SSSR count). The fourth-order valence-electron chi connectivity index (χ4n) is 1.54. The van der Waals surface area contributed by atoms with E-state index in [1.165, 1.54) is 0 Å². The smallest absolute Gasteiger partial charge is 0.338 e. The summed E-state index contributed by atoms with van der Waals surface area (Å²) in [4.78, 5) is 10.6. The van der Waals surface area contributed by atoms with Crippen LogP contribution in [0.4, 0.5) is 8.78 Å². The third-order valence-electron chi connectivity index (χ3n) is 2.51. The molecule has 0 radical (unpaired) electrons. The van der Waals surface area contributed by atoms with Crippen LogP contribution in [-0.2, 0) is 6.61 Å². The molecule has 98 valence electrons. The Hall–Kier alpha value is -2.43. The van der Waals surface area contributed by atoms with E-state index in [9.17, 15) is 13.6 Å². The van der Waals surface area contributed by atoms with E-state index in [0.29, 0.717) is 0 Å². The van der Waals surface area contributed by atoms with Gasteiger partial charge in [0.15, 0.2) is 11.6 Å². The molecule has 0 unspecified atom stereocenters. The Bertz CT molecular complexity index is 597. The quantitative estimate of drug-likeness (QED) is 0.922. The lowest BCUT2D eigenvalue weighted by Gasteiger charge is -2.08. The van der Waals surface area contributed by atoms with Gasteiger partial charge in [-0.25, -0.2) is 9.18 Å². The molecule has 0 atom stereocenters. The van der Waals surface area contributed by atoms with E-state index in [1.54, 1.807) is 24.3 Å². The van der Waals surface area contributed by atoms with Gasteiger partial charge in [-0.1, -0.05) is 30.3 Å². The normalized spacial score (nSPS) is 10.2. The van der Waals surface area contributed by atoms with Gasteiger partial charge in [0.2, 0.25) is 5.82 Å². The first-order valence-electron chi connectivity index (χ1n) is 5.47. The van der Waals surface area contributed by atoms with Crippen LogP contribution >= 0.6 is 0 Å². The van der Waals surface area contributed by atoms with E-state index in [1.807, 2.05) is 6.07 Å². The SMILES string of the molecule is O=C(O)c1ccc(OCc2ccccc2)c(F)c1F. The maximum atomic E-state index is 13.6. The van der Waals surface area contributed by atoms with Crippen molar-refractivity contribution in [3.63, 3.8) is 0 Å². The molecule has 0 aromatic heterocycles. The Morgan fingerprint density at radius 2 is 1.74 bits per heavy atom. The fraction of sp³-hybridized carbons (Fsp3) is 0.0714. The van der Waals surface area contributed by atoms with Gasteiger partial charge in [-0.15, -0.1) is 0 Å². The van der Waals surface area contributed by atoms with Crippen molar-refractivity contribution in [2.24, 2.45) is 0 Å². The number of carboxylic acid groups (broad SMARTS) is 1. The summed E-state index contributed by atoms with van der Waals surface area (Å²) in [5.74, 6) is -4.55. The largest absolute Gasteiger partial charge is 0.486 e. The third-order valence-corrected chi connectivity index (χ3v) is 2.51. The number of aromatic carboxylic acids is 1. The molecule has 5 heteroatoms. The van der Waals surface area contributed by atoms with Gasteiger partial charge in [0.05, 0.1) is 5.56 Å². The molecular weight excluding hydrogens is 254 g/mol. The summed E-state index contributed by atoms with van der Waals surface area (Å²) < 4.78 is 32.1. The van der Waals surface area contributed by atoms with E-state index in [-0.39, 0.29) is 12.4 Å². The first kappa shape index (κ1) is 13.0. The summed E-state index contributed by atoms with van der Waals surface area (Å²) in [5.41, 5.74) is 0.0779. The van der Waals surface area contributed by atoms with Crippen LogP contribution in [0.1, 0.15) is 15.9 Å². The molecule has 0 saturated heterocycles. The van der Waals surface area contributed by atoms with Crippen LogP contribution in [0.2, 0.25) is 0 Å². The molecule has 2 aromatic rings. The number of hydrogen-bond donors (Lipinski definition) is 1. The van der Waals surface area contributed by atoms with E-state index in [0.717, 1.165) is 17.7 Å². The van der Waals surface area contributed by atoms with E-state index >= 15 is 0 Å². The second-order valence-corrected chi connectivity index (χ2v) is 3.82. The van der Waals surface area contributed by atoms with E-state index in [2.05, 4.69) is 0 Å². The lowest BCUT2D eigenvalue weighted by Crippen LogP contribution is -2.05. The number of ether oxygens (including phenoxy) is 1. The number of carboxylic acids is 1. The van der Waals surface area contributed by atoms with Crippen molar-refractivity contribution in [3.8, 4) is 5.75 Å². The maximum Gasteiger partial charge on any atom is 0.338 e. The van der Waals surface area contributed by atoms with Gasteiger partial charge in [0, 0.05) is 0 Å². The van der Waals surface area contributed by atoms with Crippen molar-refractivity contribution in [3.05, 3.63) is 65.2 Å². The molecule has 0 bridgehead atoms. The first-order valence-corrected chi connectivity index (χ1v) is 5.47. The minimum absolute atomic E-state index is 0.0730. The van der Waals surface area contributed by atoms with Gasteiger partial charge in [-0.2, -0.15) is 4.39 Å². The molecule has 0 aliphatic carbocycles. The molecule has 0 amide bonds. The van der Waals surface area contributed by atoms with E-state index < -0.39 is 23.2 Å². The van der Waals surface area contributed by atoms with Crippen molar-refractivity contribution in [2.45, 2.75) is 6.61 Å². The zero-order valence-electron chi connectivity index (χ0n) is 9.77. The number of benzene rings is 2. The number of halogens is 2. The molecule has 0 saturated carbocycles. The first-order chi connectivity index (χ1) is 9.09. The molecule has 3 nitrogen and oxygen atoms in total. The highest BCUT2D eigenvalue weighted by molar-refractivity contribution is 5.88. The summed E-state index contributed by atoms with van der Waals surface area (Å²) in [7, 11) is 0. The van der Waals surface area contributed by atoms with Gasteiger partial charge >= 0.3 is 5.97 Å². The highest BCUT2D eigenvalue weighted by atomic mass is 19.2. The summed E-state index contributed by atoms with van der Waals surface area (Å²) in [6, 6.07) is 11.0. The minimum atomic E-state index is -1.52. The monoisotopic (exact) mass is 264 g/mol. The van der Waals surface area contributed by atoms with Crippen LogP contribution in [0.5, 0.6) is 5.75 Å². The molecule has 0 aliphatic rings. The second kappa shape index (κ2) is 5.48. The lowest BCUT2D eigenvalue weighted by atomic mass is 10.2. The van der Waals surface area contributed by atoms with Gasteiger partial charge in [-0.05, 0) is 17.7 Å². The molecule has 0 aliphatic heterocycles. The summed E-state index contributed by atoms with van der Waals surface area (Å²) >= 11 is 0. The van der Waals surface area contributed by atoms with Crippen LogP contribution in [0.15, 0.2) is 42.5 Å². The minimum Gasteiger partial charge on any atom is -0.486 e. The lowest BCUT2D eigenvalue weighted by molar-refractivity contribution is 0.0690. The summed E-state index contributed by atoms with van der Waals surface area (Å²) in [5, 5.41) is 8.64. The molecule has 0 spiro atoms. The number of carbonyl (C=O) groups is 1. The highest BCUT2D eigenvalue weighted by Gasteiger charge is 2.18. The Morgan fingerprint density at radius 3 is 2.37 bits per heavy atom. The van der Waals surface area contributed by atoms with Crippen LogP contribution in [0, 0.1) is 11.6 Å². The van der Waals surface area contributed by atoms with Crippen LogP contribution in [0.25, 0.3) is 0 Å².